The molecule has 0 aliphatic carbocycles. The first-order chi connectivity index (χ1) is 12.0. The third-order valence-electron chi connectivity index (χ3n) is 4.59. The van der Waals surface area contributed by atoms with Crippen LogP contribution in [0.2, 0.25) is 0 Å². The summed E-state index contributed by atoms with van der Waals surface area (Å²) in [6.07, 6.45) is 1.30. The number of amides is 2. The van der Waals surface area contributed by atoms with Crippen molar-refractivity contribution in [3.63, 3.8) is 0 Å². The molecule has 2 heterocycles. The van der Waals surface area contributed by atoms with Crippen LogP contribution in [-0.4, -0.2) is 60.5 Å². The smallest absolute Gasteiger partial charge is 0.293 e. The molecule has 134 valence electrons. The van der Waals surface area contributed by atoms with Crippen molar-refractivity contribution in [2.45, 2.75) is 18.9 Å². The maximum atomic E-state index is 12.4. The fourth-order valence-electron chi connectivity index (χ4n) is 3.23. The number of ether oxygens (including phenoxy) is 1. The SMILES string of the molecule is NC(=O)c1ccc(N2CCN(C(=O)[C@@H]3CCCO3)CC2)c([N+](=O)[O-])c1. The highest BCUT2D eigenvalue weighted by Gasteiger charge is 2.31. The van der Waals surface area contributed by atoms with E-state index in [9.17, 15) is 19.7 Å². The molecule has 9 heteroatoms. The molecule has 1 aromatic carbocycles. The third kappa shape index (κ3) is 3.55. The van der Waals surface area contributed by atoms with E-state index < -0.39 is 10.8 Å². The van der Waals surface area contributed by atoms with Gasteiger partial charge in [-0.05, 0) is 25.0 Å². The number of carbonyl (C=O) groups excluding carboxylic acids is 2. The average molecular weight is 348 g/mol. The second kappa shape index (κ2) is 7.06. The van der Waals surface area contributed by atoms with Crippen molar-refractivity contribution in [3.05, 3.63) is 33.9 Å². The molecule has 2 N–H and O–H groups in total. The van der Waals surface area contributed by atoms with Crippen LogP contribution in [-0.2, 0) is 9.53 Å². The number of nitro groups is 1. The van der Waals surface area contributed by atoms with Crippen LogP contribution >= 0.6 is 0 Å². The maximum Gasteiger partial charge on any atom is 0.293 e. The van der Waals surface area contributed by atoms with Crippen molar-refractivity contribution in [1.82, 2.24) is 4.90 Å². The second-order valence-electron chi connectivity index (χ2n) is 6.14. The summed E-state index contributed by atoms with van der Waals surface area (Å²) in [7, 11) is 0. The quantitative estimate of drug-likeness (QED) is 0.626. The van der Waals surface area contributed by atoms with Gasteiger partial charge in [-0.1, -0.05) is 0 Å². The summed E-state index contributed by atoms with van der Waals surface area (Å²) in [6.45, 7) is 2.54. The molecule has 9 nitrogen and oxygen atoms in total. The van der Waals surface area contributed by atoms with Crippen molar-refractivity contribution in [2.75, 3.05) is 37.7 Å². The zero-order valence-corrected chi connectivity index (χ0v) is 13.7. The number of benzene rings is 1. The van der Waals surface area contributed by atoms with Gasteiger partial charge in [-0.3, -0.25) is 19.7 Å². The Balaban J connectivity index is 1.71. The monoisotopic (exact) mass is 348 g/mol. The summed E-state index contributed by atoms with van der Waals surface area (Å²) in [6, 6.07) is 4.21. The molecule has 2 amide bonds. The molecule has 0 bridgehead atoms. The Hall–Kier alpha value is -2.68. The second-order valence-corrected chi connectivity index (χ2v) is 6.14. The molecule has 3 rings (SSSR count). The molecule has 2 aliphatic rings. The molecule has 0 unspecified atom stereocenters. The largest absolute Gasteiger partial charge is 0.368 e. The minimum atomic E-state index is -0.707. The Morgan fingerprint density at radius 3 is 2.52 bits per heavy atom. The molecular formula is C16H20N4O5. The van der Waals surface area contributed by atoms with Crippen LogP contribution < -0.4 is 10.6 Å². The highest BCUT2D eigenvalue weighted by Crippen LogP contribution is 2.30. The summed E-state index contributed by atoms with van der Waals surface area (Å²) in [5.74, 6) is -0.711. The molecule has 0 aromatic heterocycles. The molecule has 0 saturated carbocycles. The normalized spacial score (nSPS) is 20.6. The summed E-state index contributed by atoms with van der Waals surface area (Å²) in [4.78, 5) is 38.0. The maximum absolute atomic E-state index is 12.4. The van der Waals surface area contributed by atoms with Gasteiger partial charge >= 0.3 is 0 Å². The molecule has 2 aliphatic heterocycles. The Morgan fingerprint density at radius 1 is 1.24 bits per heavy atom. The lowest BCUT2D eigenvalue weighted by atomic mass is 10.1. The van der Waals surface area contributed by atoms with Crippen LogP contribution in [0.25, 0.3) is 0 Å². The first-order valence-electron chi connectivity index (χ1n) is 8.21. The number of rotatable bonds is 4. The van der Waals surface area contributed by atoms with Crippen molar-refractivity contribution in [2.24, 2.45) is 5.73 Å². The number of nitrogens with zero attached hydrogens (tertiary/aromatic N) is 3. The summed E-state index contributed by atoms with van der Waals surface area (Å²) >= 11 is 0. The zero-order valence-electron chi connectivity index (χ0n) is 13.7. The van der Waals surface area contributed by atoms with Gasteiger partial charge in [0.15, 0.2) is 0 Å². The Morgan fingerprint density at radius 2 is 1.96 bits per heavy atom. The number of primary amides is 1. The molecule has 0 spiro atoms. The lowest BCUT2D eigenvalue weighted by Gasteiger charge is -2.36. The van der Waals surface area contributed by atoms with Gasteiger partial charge in [0.05, 0.1) is 4.92 Å². The van der Waals surface area contributed by atoms with Crippen LogP contribution in [0.1, 0.15) is 23.2 Å². The van der Waals surface area contributed by atoms with E-state index in [4.69, 9.17) is 10.5 Å². The van der Waals surface area contributed by atoms with Gasteiger partial charge in [-0.15, -0.1) is 0 Å². The molecule has 1 aromatic rings. The Kier molecular flexibility index (Phi) is 4.84. The molecule has 0 radical (unpaired) electrons. The standard InChI is InChI=1S/C16H20N4O5/c17-15(21)11-3-4-12(13(10-11)20(23)24)18-5-7-19(8-6-18)16(22)14-2-1-9-25-14/h3-4,10,14H,1-2,5-9H2,(H2,17,21)/t14-/m0/s1. The zero-order chi connectivity index (χ0) is 18.0. The van der Waals surface area contributed by atoms with Crippen LogP contribution in [0.15, 0.2) is 18.2 Å². The molecule has 1 atom stereocenters. The predicted octanol–water partition coefficient (Wildman–Crippen LogP) is 0.521. The van der Waals surface area contributed by atoms with Gasteiger partial charge in [0.2, 0.25) is 5.91 Å². The van der Waals surface area contributed by atoms with Gasteiger partial charge in [-0.25, -0.2) is 0 Å². The third-order valence-corrected chi connectivity index (χ3v) is 4.59. The average Bonchev–Trinajstić information content (AvgIpc) is 3.15. The first kappa shape index (κ1) is 17.2. The molecule has 2 fully saturated rings. The van der Waals surface area contributed by atoms with Gasteiger partial charge < -0.3 is 20.3 Å². The number of carbonyl (C=O) groups is 2. The molecule has 2 saturated heterocycles. The Labute approximate surface area is 144 Å². The highest BCUT2D eigenvalue weighted by molar-refractivity contribution is 5.94. The molecular weight excluding hydrogens is 328 g/mol. The van der Waals surface area contributed by atoms with Gasteiger partial charge in [0.25, 0.3) is 11.6 Å². The number of hydrogen-bond acceptors (Lipinski definition) is 6. The Bertz CT molecular complexity index is 694. The first-order valence-corrected chi connectivity index (χ1v) is 8.21. The lowest BCUT2D eigenvalue weighted by Crippen LogP contribution is -2.51. The van der Waals surface area contributed by atoms with E-state index in [1.165, 1.54) is 18.2 Å². The van der Waals surface area contributed by atoms with Crippen molar-refractivity contribution >= 4 is 23.2 Å². The molecule has 25 heavy (non-hydrogen) atoms. The summed E-state index contributed by atoms with van der Waals surface area (Å²) < 4.78 is 5.43. The van der Waals surface area contributed by atoms with Crippen molar-refractivity contribution in [1.29, 1.82) is 0 Å². The van der Waals surface area contributed by atoms with Crippen LogP contribution in [0.5, 0.6) is 0 Å². The van der Waals surface area contributed by atoms with Gasteiger partial charge in [0.1, 0.15) is 11.8 Å². The van der Waals surface area contributed by atoms with Crippen LogP contribution in [0.4, 0.5) is 11.4 Å². The minimum Gasteiger partial charge on any atom is -0.368 e. The highest BCUT2D eigenvalue weighted by atomic mass is 16.6. The minimum absolute atomic E-state index is 0.00396. The fourth-order valence-corrected chi connectivity index (χ4v) is 3.23. The van der Waals surface area contributed by atoms with E-state index in [0.717, 1.165) is 12.8 Å². The predicted molar refractivity (Wildman–Crippen MR) is 89.4 cm³/mol. The number of anilines is 1. The van der Waals surface area contributed by atoms with Crippen molar-refractivity contribution in [3.8, 4) is 0 Å². The van der Waals surface area contributed by atoms with Crippen LogP contribution in [0.3, 0.4) is 0 Å². The van der Waals surface area contributed by atoms with E-state index in [1.807, 2.05) is 4.90 Å². The van der Waals surface area contributed by atoms with Gasteiger partial charge in [0, 0.05) is 44.4 Å². The lowest BCUT2D eigenvalue weighted by molar-refractivity contribution is -0.384. The number of nitro benzene ring substituents is 1. The van der Waals surface area contributed by atoms with E-state index in [2.05, 4.69) is 0 Å². The summed E-state index contributed by atoms with van der Waals surface area (Å²) in [5, 5.41) is 11.3. The number of nitrogens with two attached hydrogens (primary N) is 1. The summed E-state index contributed by atoms with van der Waals surface area (Å²) in [5.41, 5.74) is 5.56. The fraction of sp³-hybridized carbons (Fsp3) is 0.500. The van der Waals surface area contributed by atoms with E-state index in [1.54, 1.807) is 4.90 Å². The topological polar surface area (TPSA) is 119 Å². The number of piperazine rings is 1. The van der Waals surface area contributed by atoms with Crippen molar-refractivity contribution < 1.29 is 19.2 Å². The van der Waals surface area contributed by atoms with Gasteiger partial charge in [-0.2, -0.15) is 0 Å². The van der Waals surface area contributed by atoms with E-state index >= 15 is 0 Å². The van der Waals surface area contributed by atoms with Crippen LogP contribution in [0, 0.1) is 10.1 Å². The van der Waals surface area contributed by atoms with E-state index in [-0.39, 0.29) is 23.3 Å². The number of hydrogen-bond donors (Lipinski definition) is 1. The van der Waals surface area contributed by atoms with E-state index in [0.29, 0.717) is 38.5 Å².